The van der Waals surface area contributed by atoms with Crippen LogP contribution in [0.2, 0.25) is 0 Å². The van der Waals surface area contributed by atoms with Gasteiger partial charge in [0.25, 0.3) is 0 Å². The van der Waals surface area contributed by atoms with E-state index in [9.17, 15) is 0 Å². The minimum Gasteiger partial charge on any atom is -0.301 e. The van der Waals surface area contributed by atoms with Gasteiger partial charge in [0.2, 0.25) is 0 Å². The van der Waals surface area contributed by atoms with Crippen molar-refractivity contribution in [2.75, 3.05) is 39.3 Å². The quantitative estimate of drug-likeness (QED) is 0.757. The number of hydrogen-bond acceptors (Lipinski definition) is 3. The van der Waals surface area contributed by atoms with Crippen LogP contribution in [0.25, 0.3) is 0 Å². The van der Waals surface area contributed by atoms with Crippen LogP contribution in [0, 0.1) is 11.3 Å². The summed E-state index contributed by atoms with van der Waals surface area (Å²) in [6, 6.07) is 2.25. The molecule has 0 aromatic rings. The second-order valence-electron chi connectivity index (χ2n) is 9.87. The molecule has 0 aliphatic carbocycles. The maximum atomic E-state index is 2.84. The fraction of sp³-hybridized carbons (Fsp3) is 1.00. The molecule has 3 rings (SSSR count). The van der Waals surface area contributed by atoms with E-state index in [0.717, 1.165) is 24.0 Å². The Morgan fingerprint density at radius 2 is 1.00 bits per heavy atom. The Morgan fingerprint density at radius 3 is 1.44 bits per heavy atom. The minimum atomic E-state index is 0.683. The molecule has 3 heteroatoms. The summed E-state index contributed by atoms with van der Waals surface area (Å²) in [6.07, 6.45) is 8.61. The highest BCUT2D eigenvalue weighted by atomic mass is 15.2. The monoisotopic (exact) mass is 349 g/mol. The molecule has 1 atom stereocenters. The first-order valence-electron chi connectivity index (χ1n) is 11.1. The van der Waals surface area contributed by atoms with Gasteiger partial charge in [-0.05, 0) is 124 Å². The van der Waals surface area contributed by atoms with Crippen LogP contribution in [-0.2, 0) is 0 Å². The Bertz CT molecular complexity index is 393. The smallest absolute Gasteiger partial charge is 0.00961 e. The van der Waals surface area contributed by atoms with Gasteiger partial charge in [0.05, 0.1) is 0 Å². The third-order valence-corrected chi connectivity index (χ3v) is 8.01. The molecule has 3 fully saturated rings. The van der Waals surface area contributed by atoms with E-state index in [4.69, 9.17) is 0 Å². The Morgan fingerprint density at radius 1 is 0.600 bits per heavy atom. The van der Waals surface area contributed by atoms with E-state index in [-0.39, 0.29) is 0 Å². The molecular formula is C22H43N3. The van der Waals surface area contributed by atoms with E-state index in [1.807, 2.05) is 0 Å². The molecule has 0 saturated carbocycles. The van der Waals surface area contributed by atoms with E-state index in [1.165, 1.54) is 77.8 Å². The molecule has 0 aromatic carbocycles. The number of rotatable bonds is 4. The minimum absolute atomic E-state index is 0.683. The van der Waals surface area contributed by atoms with Crippen LogP contribution >= 0.6 is 0 Å². The highest BCUT2D eigenvalue weighted by molar-refractivity contribution is 4.93. The molecule has 1 unspecified atom stereocenters. The Balaban J connectivity index is 1.45. The van der Waals surface area contributed by atoms with Crippen LogP contribution < -0.4 is 0 Å². The normalized spacial score (nSPS) is 28.9. The topological polar surface area (TPSA) is 9.72 Å². The first-order chi connectivity index (χ1) is 11.9. The first-order valence-corrected chi connectivity index (χ1v) is 11.1. The van der Waals surface area contributed by atoms with E-state index in [2.05, 4.69) is 49.3 Å². The van der Waals surface area contributed by atoms with E-state index in [1.54, 1.807) is 0 Å². The SMILES string of the molecule is CC(C)N1CCC(C(C)N2CCC3(CCN(C(C)C)CC3)CC2)CC1. The summed E-state index contributed by atoms with van der Waals surface area (Å²) in [5.74, 6) is 0.923. The lowest BCUT2D eigenvalue weighted by Crippen LogP contribution is -2.52. The fourth-order valence-electron chi connectivity index (χ4n) is 5.64. The second kappa shape index (κ2) is 8.27. The van der Waals surface area contributed by atoms with E-state index in [0.29, 0.717) is 5.41 Å². The van der Waals surface area contributed by atoms with Crippen LogP contribution in [0.5, 0.6) is 0 Å². The summed E-state index contributed by atoms with van der Waals surface area (Å²) in [7, 11) is 0. The van der Waals surface area contributed by atoms with Crippen LogP contribution in [-0.4, -0.2) is 72.1 Å². The summed E-state index contributed by atoms with van der Waals surface area (Å²) < 4.78 is 0. The molecule has 0 radical (unpaired) electrons. The second-order valence-corrected chi connectivity index (χ2v) is 9.87. The van der Waals surface area contributed by atoms with E-state index < -0.39 is 0 Å². The molecule has 3 aliphatic heterocycles. The molecule has 3 nitrogen and oxygen atoms in total. The highest BCUT2D eigenvalue weighted by Gasteiger charge is 2.39. The van der Waals surface area contributed by atoms with Crippen molar-refractivity contribution in [2.45, 2.75) is 91.3 Å². The Labute approximate surface area is 157 Å². The van der Waals surface area contributed by atoms with Gasteiger partial charge in [0.15, 0.2) is 0 Å². The van der Waals surface area contributed by atoms with Crippen molar-refractivity contribution in [3.63, 3.8) is 0 Å². The summed E-state index contributed by atoms with van der Waals surface area (Å²) >= 11 is 0. The lowest BCUT2D eigenvalue weighted by Gasteiger charge is -2.50. The lowest BCUT2D eigenvalue weighted by molar-refractivity contribution is -0.00199. The summed E-state index contributed by atoms with van der Waals surface area (Å²) in [4.78, 5) is 8.19. The molecule has 25 heavy (non-hydrogen) atoms. The third kappa shape index (κ3) is 4.59. The van der Waals surface area contributed by atoms with Crippen molar-refractivity contribution < 1.29 is 0 Å². The van der Waals surface area contributed by atoms with Gasteiger partial charge in [-0.15, -0.1) is 0 Å². The number of piperidine rings is 3. The maximum absolute atomic E-state index is 2.84. The first kappa shape index (κ1) is 19.6. The molecule has 0 N–H and O–H groups in total. The van der Waals surface area contributed by atoms with Gasteiger partial charge >= 0.3 is 0 Å². The largest absolute Gasteiger partial charge is 0.301 e. The zero-order chi connectivity index (χ0) is 18.0. The predicted octanol–water partition coefficient (Wildman–Crippen LogP) is 4.08. The summed E-state index contributed by atoms with van der Waals surface area (Å²) in [5, 5.41) is 0. The fourth-order valence-corrected chi connectivity index (χ4v) is 5.64. The van der Waals surface area contributed by atoms with Gasteiger partial charge in [0, 0.05) is 18.1 Å². The van der Waals surface area contributed by atoms with Crippen LogP contribution in [0.3, 0.4) is 0 Å². The molecule has 3 saturated heterocycles. The lowest BCUT2D eigenvalue weighted by atomic mass is 9.70. The molecule has 0 bridgehead atoms. The average Bonchev–Trinajstić information content (AvgIpc) is 2.62. The van der Waals surface area contributed by atoms with E-state index >= 15 is 0 Å². The summed E-state index contributed by atoms with van der Waals surface area (Å²) in [5.41, 5.74) is 0.683. The number of hydrogen-bond donors (Lipinski definition) is 0. The van der Waals surface area contributed by atoms with Crippen LogP contribution in [0.1, 0.15) is 73.1 Å². The van der Waals surface area contributed by atoms with Gasteiger partial charge in [-0.25, -0.2) is 0 Å². The van der Waals surface area contributed by atoms with Crippen molar-refractivity contribution in [3.8, 4) is 0 Å². The molecule has 0 aromatic heterocycles. The molecule has 3 heterocycles. The standard InChI is InChI=1S/C22H43N3/c1-18(2)23-12-6-21(7-13-23)20(5)25-16-10-22(11-17-25)8-14-24(15-9-22)19(3)4/h18-21H,6-17H2,1-5H3. The molecular weight excluding hydrogens is 306 g/mol. The molecule has 146 valence electrons. The van der Waals surface area contributed by atoms with Crippen molar-refractivity contribution in [2.24, 2.45) is 11.3 Å². The van der Waals surface area contributed by atoms with Gasteiger partial charge < -0.3 is 14.7 Å². The highest BCUT2D eigenvalue weighted by Crippen LogP contribution is 2.42. The van der Waals surface area contributed by atoms with Gasteiger partial charge in [0.1, 0.15) is 0 Å². The van der Waals surface area contributed by atoms with Gasteiger partial charge in [-0.3, -0.25) is 0 Å². The van der Waals surface area contributed by atoms with Crippen LogP contribution in [0.15, 0.2) is 0 Å². The van der Waals surface area contributed by atoms with Crippen LogP contribution in [0.4, 0.5) is 0 Å². The van der Waals surface area contributed by atoms with Crippen molar-refractivity contribution >= 4 is 0 Å². The van der Waals surface area contributed by atoms with Crippen molar-refractivity contribution in [1.29, 1.82) is 0 Å². The number of nitrogens with zero attached hydrogens (tertiary/aromatic N) is 3. The average molecular weight is 350 g/mol. The molecule has 3 aliphatic rings. The Kier molecular flexibility index (Phi) is 6.50. The predicted molar refractivity (Wildman–Crippen MR) is 108 cm³/mol. The third-order valence-electron chi connectivity index (χ3n) is 8.01. The van der Waals surface area contributed by atoms with Gasteiger partial charge in [-0.1, -0.05) is 0 Å². The molecule has 0 amide bonds. The number of likely N-dealkylation sites (tertiary alicyclic amines) is 3. The summed E-state index contributed by atoms with van der Waals surface area (Å²) in [6.45, 7) is 19.9. The van der Waals surface area contributed by atoms with Crippen molar-refractivity contribution in [1.82, 2.24) is 14.7 Å². The Hall–Kier alpha value is -0.120. The molecule has 1 spiro atoms. The van der Waals surface area contributed by atoms with Gasteiger partial charge in [-0.2, -0.15) is 0 Å². The zero-order valence-electron chi connectivity index (χ0n) is 17.6. The zero-order valence-corrected chi connectivity index (χ0v) is 17.6. The maximum Gasteiger partial charge on any atom is 0.00961 e. The van der Waals surface area contributed by atoms with Crippen molar-refractivity contribution in [3.05, 3.63) is 0 Å².